The standard InChI is InChI=1S/C14H18N2S/c1-11(2)15-9-8-13-10-17-14(16-13)12-6-4-3-5-7-12/h3-7,10-11,15H,8-9H2,1-2H3. The first-order chi connectivity index (χ1) is 8.25. The van der Waals surface area contributed by atoms with Gasteiger partial charge in [-0.2, -0.15) is 0 Å². The van der Waals surface area contributed by atoms with E-state index in [1.165, 1.54) is 11.3 Å². The molecule has 0 aliphatic rings. The largest absolute Gasteiger partial charge is 0.314 e. The Labute approximate surface area is 107 Å². The van der Waals surface area contributed by atoms with Crippen LogP contribution < -0.4 is 5.32 Å². The Morgan fingerprint density at radius 2 is 2.00 bits per heavy atom. The van der Waals surface area contributed by atoms with Gasteiger partial charge in [-0.05, 0) is 0 Å². The lowest BCUT2D eigenvalue weighted by molar-refractivity contribution is 0.588. The van der Waals surface area contributed by atoms with E-state index in [0.717, 1.165) is 18.0 Å². The maximum Gasteiger partial charge on any atom is 0.123 e. The summed E-state index contributed by atoms with van der Waals surface area (Å²) in [7, 11) is 0. The Hall–Kier alpha value is -1.19. The van der Waals surface area contributed by atoms with Gasteiger partial charge in [-0.1, -0.05) is 44.2 Å². The summed E-state index contributed by atoms with van der Waals surface area (Å²) in [4.78, 5) is 4.66. The fraction of sp³-hybridized carbons (Fsp3) is 0.357. The number of nitrogens with one attached hydrogen (secondary N) is 1. The van der Waals surface area contributed by atoms with Crippen molar-refractivity contribution in [1.82, 2.24) is 10.3 Å². The molecular formula is C14H18N2S. The third-order valence-electron chi connectivity index (χ3n) is 2.51. The van der Waals surface area contributed by atoms with Gasteiger partial charge in [0, 0.05) is 30.0 Å². The summed E-state index contributed by atoms with van der Waals surface area (Å²) < 4.78 is 0. The van der Waals surface area contributed by atoms with Crippen LogP contribution >= 0.6 is 11.3 Å². The van der Waals surface area contributed by atoms with Gasteiger partial charge in [0.25, 0.3) is 0 Å². The van der Waals surface area contributed by atoms with Crippen molar-refractivity contribution in [2.45, 2.75) is 26.3 Å². The van der Waals surface area contributed by atoms with Crippen LogP contribution in [0, 0.1) is 0 Å². The van der Waals surface area contributed by atoms with Crippen molar-refractivity contribution in [1.29, 1.82) is 0 Å². The SMILES string of the molecule is CC(C)NCCc1csc(-c2ccccc2)n1. The molecule has 0 fully saturated rings. The summed E-state index contributed by atoms with van der Waals surface area (Å²) in [6.07, 6.45) is 1.00. The van der Waals surface area contributed by atoms with Gasteiger partial charge in [-0.3, -0.25) is 0 Å². The molecule has 0 saturated carbocycles. The Balaban J connectivity index is 1.97. The third kappa shape index (κ3) is 3.65. The molecule has 1 aromatic heterocycles. The van der Waals surface area contributed by atoms with Crippen LogP contribution in [0.1, 0.15) is 19.5 Å². The minimum absolute atomic E-state index is 0.544. The predicted molar refractivity (Wildman–Crippen MR) is 74.4 cm³/mol. The summed E-state index contributed by atoms with van der Waals surface area (Å²) in [5.41, 5.74) is 2.39. The molecule has 0 aliphatic carbocycles. The van der Waals surface area contributed by atoms with Gasteiger partial charge >= 0.3 is 0 Å². The summed E-state index contributed by atoms with van der Waals surface area (Å²) >= 11 is 1.72. The molecule has 0 atom stereocenters. The van der Waals surface area contributed by atoms with Gasteiger partial charge in [0.15, 0.2) is 0 Å². The molecule has 1 heterocycles. The first-order valence-corrected chi connectivity index (χ1v) is 6.87. The van der Waals surface area contributed by atoms with Crippen molar-refractivity contribution in [2.75, 3.05) is 6.54 Å². The third-order valence-corrected chi connectivity index (χ3v) is 3.45. The van der Waals surface area contributed by atoms with E-state index in [1.807, 2.05) is 6.07 Å². The zero-order valence-corrected chi connectivity index (χ0v) is 11.1. The molecule has 0 radical (unpaired) electrons. The van der Waals surface area contributed by atoms with Gasteiger partial charge in [0.1, 0.15) is 5.01 Å². The molecule has 90 valence electrons. The fourth-order valence-electron chi connectivity index (χ4n) is 1.62. The monoisotopic (exact) mass is 246 g/mol. The van der Waals surface area contributed by atoms with E-state index < -0.39 is 0 Å². The molecule has 2 nitrogen and oxygen atoms in total. The smallest absolute Gasteiger partial charge is 0.123 e. The molecular weight excluding hydrogens is 228 g/mol. The van der Waals surface area contributed by atoms with Crippen LogP contribution in [-0.2, 0) is 6.42 Å². The average Bonchev–Trinajstić information content (AvgIpc) is 2.78. The van der Waals surface area contributed by atoms with Crippen LogP contribution in [0.25, 0.3) is 10.6 Å². The Bertz CT molecular complexity index is 448. The molecule has 0 amide bonds. The molecule has 0 spiro atoms. The lowest BCUT2D eigenvalue weighted by atomic mass is 10.2. The fourth-order valence-corrected chi connectivity index (χ4v) is 2.48. The van der Waals surface area contributed by atoms with Crippen LogP contribution in [0.4, 0.5) is 0 Å². The molecule has 1 aromatic carbocycles. The van der Waals surface area contributed by atoms with E-state index in [-0.39, 0.29) is 0 Å². The quantitative estimate of drug-likeness (QED) is 0.875. The number of hydrogen-bond donors (Lipinski definition) is 1. The molecule has 17 heavy (non-hydrogen) atoms. The van der Waals surface area contributed by atoms with E-state index in [0.29, 0.717) is 6.04 Å². The zero-order chi connectivity index (χ0) is 12.1. The normalized spacial score (nSPS) is 11.0. The molecule has 3 heteroatoms. The van der Waals surface area contributed by atoms with Crippen LogP contribution in [-0.4, -0.2) is 17.6 Å². The van der Waals surface area contributed by atoms with Gasteiger partial charge in [0.2, 0.25) is 0 Å². The first kappa shape index (κ1) is 12.3. The van der Waals surface area contributed by atoms with Crippen molar-refractivity contribution < 1.29 is 0 Å². The summed E-state index contributed by atoms with van der Waals surface area (Å²) in [5, 5.41) is 6.68. The van der Waals surface area contributed by atoms with Crippen LogP contribution in [0.15, 0.2) is 35.7 Å². The van der Waals surface area contributed by atoms with Crippen molar-refractivity contribution in [3.63, 3.8) is 0 Å². The molecule has 0 unspecified atom stereocenters. The maximum absolute atomic E-state index is 4.66. The van der Waals surface area contributed by atoms with Gasteiger partial charge in [0.05, 0.1) is 5.69 Å². The van der Waals surface area contributed by atoms with Crippen molar-refractivity contribution in [3.05, 3.63) is 41.4 Å². The minimum Gasteiger partial charge on any atom is -0.314 e. The topological polar surface area (TPSA) is 24.9 Å². The van der Waals surface area contributed by atoms with Crippen molar-refractivity contribution >= 4 is 11.3 Å². The molecule has 2 aromatic rings. The van der Waals surface area contributed by atoms with Crippen molar-refractivity contribution in [3.8, 4) is 10.6 Å². The highest BCUT2D eigenvalue weighted by Gasteiger charge is 2.04. The van der Waals surface area contributed by atoms with E-state index in [9.17, 15) is 0 Å². The molecule has 0 bridgehead atoms. The summed E-state index contributed by atoms with van der Waals surface area (Å²) in [6.45, 7) is 5.32. The number of nitrogens with zero attached hydrogens (tertiary/aromatic N) is 1. The van der Waals surface area contributed by atoms with E-state index in [4.69, 9.17) is 0 Å². The molecule has 2 rings (SSSR count). The lowest BCUT2D eigenvalue weighted by Crippen LogP contribution is -2.24. The van der Waals surface area contributed by atoms with Crippen molar-refractivity contribution in [2.24, 2.45) is 0 Å². The minimum atomic E-state index is 0.544. The zero-order valence-electron chi connectivity index (χ0n) is 10.3. The number of benzene rings is 1. The second-order valence-corrected chi connectivity index (χ2v) is 5.23. The maximum atomic E-state index is 4.66. The predicted octanol–water partition coefficient (Wildman–Crippen LogP) is 3.35. The van der Waals surface area contributed by atoms with Crippen LogP contribution in [0.5, 0.6) is 0 Å². The highest BCUT2D eigenvalue weighted by molar-refractivity contribution is 7.13. The van der Waals surface area contributed by atoms with Gasteiger partial charge in [-0.25, -0.2) is 4.98 Å². The Kier molecular flexibility index (Phi) is 4.29. The first-order valence-electron chi connectivity index (χ1n) is 5.99. The molecule has 1 N–H and O–H groups in total. The molecule has 0 saturated heterocycles. The number of aromatic nitrogens is 1. The lowest BCUT2D eigenvalue weighted by Gasteiger charge is -2.05. The highest BCUT2D eigenvalue weighted by atomic mass is 32.1. The summed E-state index contributed by atoms with van der Waals surface area (Å²) in [6, 6.07) is 10.9. The number of hydrogen-bond acceptors (Lipinski definition) is 3. The van der Waals surface area contributed by atoms with Crippen LogP contribution in [0.2, 0.25) is 0 Å². The highest BCUT2D eigenvalue weighted by Crippen LogP contribution is 2.23. The van der Waals surface area contributed by atoms with E-state index in [2.05, 4.69) is 53.8 Å². The number of thiazole rings is 1. The number of rotatable bonds is 5. The second kappa shape index (κ2) is 5.94. The van der Waals surface area contributed by atoms with E-state index in [1.54, 1.807) is 11.3 Å². The average molecular weight is 246 g/mol. The Morgan fingerprint density at radius 3 is 2.71 bits per heavy atom. The van der Waals surface area contributed by atoms with E-state index >= 15 is 0 Å². The Morgan fingerprint density at radius 1 is 1.24 bits per heavy atom. The van der Waals surface area contributed by atoms with Crippen LogP contribution in [0.3, 0.4) is 0 Å². The van der Waals surface area contributed by atoms with Gasteiger partial charge in [-0.15, -0.1) is 11.3 Å². The summed E-state index contributed by atoms with van der Waals surface area (Å²) in [5.74, 6) is 0. The van der Waals surface area contributed by atoms with Gasteiger partial charge < -0.3 is 5.32 Å². The second-order valence-electron chi connectivity index (χ2n) is 4.37. The molecule has 0 aliphatic heterocycles.